The normalized spacial score (nSPS) is 14.3. The number of carbonyl (C=O) groups is 2. The number of benzene rings is 2. The van der Waals surface area contributed by atoms with Gasteiger partial charge in [-0.1, -0.05) is 18.2 Å². The van der Waals surface area contributed by atoms with Crippen molar-refractivity contribution < 1.29 is 23.1 Å². The standard InChI is InChI=1S/C21H18BrFN2O4/c22-16-12-15(23)5-6-18(16)28-13-20(26)24-7-9-25(10-8-24)21(27)19-11-14-3-1-2-4-17(14)29-19/h1-6,11-12H,7-10,13H2. The van der Waals surface area contributed by atoms with Crippen LogP contribution in [0.15, 0.2) is 57.4 Å². The number of furan rings is 1. The van der Waals surface area contributed by atoms with Crippen LogP contribution in [0.4, 0.5) is 4.39 Å². The number of para-hydroxylation sites is 1. The van der Waals surface area contributed by atoms with Crippen LogP contribution in [-0.2, 0) is 4.79 Å². The van der Waals surface area contributed by atoms with Crippen molar-refractivity contribution in [1.29, 1.82) is 0 Å². The highest BCUT2D eigenvalue weighted by atomic mass is 79.9. The second-order valence-electron chi connectivity index (χ2n) is 6.68. The van der Waals surface area contributed by atoms with Crippen molar-refractivity contribution in [2.24, 2.45) is 0 Å². The second kappa shape index (κ2) is 8.24. The number of amides is 2. The fraction of sp³-hybridized carbons (Fsp3) is 0.238. The van der Waals surface area contributed by atoms with E-state index in [2.05, 4.69) is 15.9 Å². The van der Waals surface area contributed by atoms with Crippen molar-refractivity contribution in [3.05, 3.63) is 64.6 Å². The van der Waals surface area contributed by atoms with Gasteiger partial charge in [0, 0.05) is 31.6 Å². The number of hydrogen-bond acceptors (Lipinski definition) is 4. The molecule has 1 aliphatic heterocycles. The molecule has 1 fully saturated rings. The third-order valence-electron chi connectivity index (χ3n) is 4.80. The first kappa shape index (κ1) is 19.4. The van der Waals surface area contributed by atoms with Gasteiger partial charge in [0.15, 0.2) is 12.4 Å². The quantitative estimate of drug-likeness (QED) is 0.595. The van der Waals surface area contributed by atoms with E-state index in [1.54, 1.807) is 15.9 Å². The smallest absolute Gasteiger partial charge is 0.289 e. The summed E-state index contributed by atoms with van der Waals surface area (Å²) in [6.45, 7) is 1.52. The van der Waals surface area contributed by atoms with E-state index in [0.29, 0.717) is 47.7 Å². The molecule has 3 aromatic rings. The van der Waals surface area contributed by atoms with Crippen LogP contribution in [0.1, 0.15) is 10.6 Å². The fourth-order valence-electron chi connectivity index (χ4n) is 3.23. The maximum atomic E-state index is 13.1. The first-order valence-electron chi connectivity index (χ1n) is 9.15. The molecule has 2 heterocycles. The van der Waals surface area contributed by atoms with Gasteiger partial charge >= 0.3 is 0 Å². The monoisotopic (exact) mass is 460 g/mol. The average Bonchev–Trinajstić information content (AvgIpc) is 3.17. The van der Waals surface area contributed by atoms with E-state index in [9.17, 15) is 14.0 Å². The lowest BCUT2D eigenvalue weighted by Gasteiger charge is -2.34. The lowest BCUT2D eigenvalue weighted by molar-refractivity contribution is -0.134. The van der Waals surface area contributed by atoms with Crippen molar-refractivity contribution in [2.45, 2.75) is 0 Å². The summed E-state index contributed by atoms with van der Waals surface area (Å²) < 4.78 is 24.7. The van der Waals surface area contributed by atoms with Crippen molar-refractivity contribution in [3.63, 3.8) is 0 Å². The molecule has 2 amide bonds. The molecule has 1 saturated heterocycles. The fourth-order valence-corrected chi connectivity index (χ4v) is 3.69. The number of fused-ring (bicyclic) bond motifs is 1. The van der Waals surface area contributed by atoms with Crippen LogP contribution < -0.4 is 4.74 Å². The van der Waals surface area contributed by atoms with Crippen LogP contribution in [0.3, 0.4) is 0 Å². The Bertz CT molecular complexity index is 1030. The molecule has 150 valence electrons. The third kappa shape index (κ3) is 4.27. The zero-order chi connectivity index (χ0) is 20.4. The number of nitrogens with zero attached hydrogens (tertiary/aromatic N) is 2. The number of carbonyl (C=O) groups excluding carboxylic acids is 2. The Balaban J connectivity index is 1.31. The van der Waals surface area contributed by atoms with Crippen LogP contribution in [0.2, 0.25) is 0 Å². The van der Waals surface area contributed by atoms with Gasteiger partial charge in [-0.15, -0.1) is 0 Å². The van der Waals surface area contributed by atoms with Gasteiger partial charge < -0.3 is 19.0 Å². The van der Waals surface area contributed by atoms with Crippen LogP contribution in [0.5, 0.6) is 5.75 Å². The zero-order valence-electron chi connectivity index (χ0n) is 15.4. The summed E-state index contributed by atoms with van der Waals surface area (Å²) in [6, 6.07) is 13.2. The predicted molar refractivity (Wildman–Crippen MR) is 108 cm³/mol. The SMILES string of the molecule is O=C(COc1ccc(F)cc1Br)N1CCN(C(=O)c2cc3ccccc3o2)CC1. The number of ether oxygens (including phenoxy) is 1. The van der Waals surface area contributed by atoms with E-state index in [-0.39, 0.29) is 24.2 Å². The lowest BCUT2D eigenvalue weighted by atomic mass is 10.2. The van der Waals surface area contributed by atoms with Crippen LogP contribution in [0, 0.1) is 5.82 Å². The summed E-state index contributed by atoms with van der Waals surface area (Å²) in [5, 5.41) is 0.883. The van der Waals surface area contributed by atoms with Gasteiger partial charge in [-0.2, -0.15) is 0 Å². The Morgan fingerprint density at radius 1 is 1.03 bits per heavy atom. The van der Waals surface area contributed by atoms with Crippen molar-refractivity contribution in [2.75, 3.05) is 32.8 Å². The van der Waals surface area contributed by atoms with Crippen molar-refractivity contribution in [3.8, 4) is 5.75 Å². The van der Waals surface area contributed by atoms with Crippen LogP contribution in [0.25, 0.3) is 11.0 Å². The Morgan fingerprint density at radius 3 is 2.48 bits per heavy atom. The molecule has 1 aliphatic rings. The zero-order valence-corrected chi connectivity index (χ0v) is 17.0. The summed E-state index contributed by atoms with van der Waals surface area (Å²) in [6.07, 6.45) is 0. The van der Waals surface area contributed by atoms with E-state index in [1.807, 2.05) is 24.3 Å². The minimum Gasteiger partial charge on any atom is -0.483 e. The van der Waals surface area contributed by atoms with Gasteiger partial charge in [0.05, 0.1) is 4.47 Å². The molecule has 0 saturated carbocycles. The predicted octanol–water partition coefficient (Wildman–Crippen LogP) is 3.70. The Morgan fingerprint density at radius 2 is 1.76 bits per heavy atom. The van der Waals surface area contributed by atoms with Gasteiger partial charge in [-0.05, 0) is 46.3 Å². The highest BCUT2D eigenvalue weighted by Crippen LogP contribution is 2.25. The van der Waals surface area contributed by atoms with Crippen molar-refractivity contribution >= 4 is 38.7 Å². The first-order valence-corrected chi connectivity index (χ1v) is 9.94. The molecule has 6 nitrogen and oxygen atoms in total. The molecule has 2 aromatic carbocycles. The van der Waals surface area contributed by atoms with Gasteiger partial charge in [-0.3, -0.25) is 9.59 Å². The highest BCUT2D eigenvalue weighted by Gasteiger charge is 2.27. The van der Waals surface area contributed by atoms with E-state index in [0.717, 1.165) is 5.39 Å². The summed E-state index contributed by atoms with van der Waals surface area (Å²) in [5.74, 6) is -0.0495. The Hall–Kier alpha value is -2.87. The van der Waals surface area contributed by atoms with E-state index < -0.39 is 0 Å². The van der Waals surface area contributed by atoms with Crippen LogP contribution >= 0.6 is 15.9 Å². The molecule has 0 aliphatic carbocycles. The lowest BCUT2D eigenvalue weighted by Crippen LogP contribution is -2.51. The maximum Gasteiger partial charge on any atom is 0.289 e. The summed E-state index contributed by atoms with van der Waals surface area (Å²) in [7, 11) is 0. The number of halogens is 2. The molecule has 4 rings (SSSR count). The molecule has 0 spiro atoms. The largest absolute Gasteiger partial charge is 0.483 e. The minimum absolute atomic E-state index is 0.151. The summed E-state index contributed by atoms with van der Waals surface area (Å²) in [5.41, 5.74) is 0.675. The van der Waals surface area contributed by atoms with E-state index >= 15 is 0 Å². The van der Waals surface area contributed by atoms with E-state index in [1.165, 1.54) is 18.2 Å². The molecular weight excluding hydrogens is 443 g/mol. The molecule has 0 radical (unpaired) electrons. The van der Waals surface area contributed by atoms with Gasteiger partial charge in [0.1, 0.15) is 17.1 Å². The first-order chi connectivity index (χ1) is 14.0. The Kier molecular flexibility index (Phi) is 5.53. The van der Waals surface area contributed by atoms with Gasteiger partial charge in [-0.25, -0.2) is 4.39 Å². The van der Waals surface area contributed by atoms with Crippen LogP contribution in [-0.4, -0.2) is 54.4 Å². The molecule has 0 N–H and O–H groups in total. The number of rotatable bonds is 4. The molecule has 8 heteroatoms. The molecule has 1 aromatic heterocycles. The topological polar surface area (TPSA) is 63.0 Å². The minimum atomic E-state index is -0.388. The maximum absolute atomic E-state index is 13.1. The second-order valence-corrected chi connectivity index (χ2v) is 7.54. The highest BCUT2D eigenvalue weighted by molar-refractivity contribution is 9.10. The average molecular weight is 461 g/mol. The van der Waals surface area contributed by atoms with Gasteiger partial charge in [0.2, 0.25) is 0 Å². The molecule has 0 atom stereocenters. The van der Waals surface area contributed by atoms with Crippen molar-refractivity contribution in [1.82, 2.24) is 9.80 Å². The molecule has 0 unspecified atom stereocenters. The summed E-state index contributed by atoms with van der Waals surface area (Å²) in [4.78, 5) is 28.4. The number of hydrogen-bond donors (Lipinski definition) is 0. The molecular formula is C21H18BrFN2O4. The van der Waals surface area contributed by atoms with E-state index in [4.69, 9.17) is 9.15 Å². The summed E-state index contributed by atoms with van der Waals surface area (Å²) >= 11 is 3.21. The third-order valence-corrected chi connectivity index (χ3v) is 5.42. The number of piperazine rings is 1. The van der Waals surface area contributed by atoms with Gasteiger partial charge in [0.25, 0.3) is 11.8 Å². The Labute approximate surface area is 175 Å². The molecule has 29 heavy (non-hydrogen) atoms. The molecule has 0 bridgehead atoms.